The average molecular weight is 282 g/mol. The predicted octanol–water partition coefficient (Wildman–Crippen LogP) is 2.68. The Morgan fingerprint density at radius 2 is 2.33 bits per heavy atom. The van der Waals surface area contributed by atoms with Crippen molar-refractivity contribution < 1.29 is 4.79 Å². The summed E-state index contributed by atoms with van der Waals surface area (Å²) in [6.07, 6.45) is 5.80. The SMILES string of the molecule is CCc1cnc(CNC(=O)c2cnccc2Cl)s1. The van der Waals surface area contributed by atoms with Gasteiger partial charge in [-0.3, -0.25) is 9.78 Å². The molecular formula is C12H12ClN3OS. The molecule has 0 aromatic carbocycles. The number of nitrogens with one attached hydrogen (secondary N) is 1. The van der Waals surface area contributed by atoms with Crippen molar-refractivity contribution in [3.05, 3.63) is 45.1 Å². The normalized spacial score (nSPS) is 10.3. The Hall–Kier alpha value is -1.46. The number of carbonyl (C=O) groups excluding carboxylic acids is 1. The minimum atomic E-state index is -0.235. The van der Waals surface area contributed by atoms with Gasteiger partial charge in [-0.15, -0.1) is 11.3 Å². The Morgan fingerprint density at radius 1 is 1.50 bits per heavy atom. The number of carbonyl (C=O) groups is 1. The van der Waals surface area contributed by atoms with Gasteiger partial charge in [-0.25, -0.2) is 4.98 Å². The quantitative estimate of drug-likeness (QED) is 0.937. The molecule has 6 heteroatoms. The second kappa shape index (κ2) is 5.93. The molecule has 0 saturated carbocycles. The Morgan fingerprint density at radius 3 is 3.00 bits per heavy atom. The maximum absolute atomic E-state index is 11.9. The number of hydrogen-bond acceptors (Lipinski definition) is 4. The third-order valence-electron chi connectivity index (χ3n) is 2.36. The zero-order chi connectivity index (χ0) is 13.0. The van der Waals surface area contributed by atoms with Crippen LogP contribution in [0.4, 0.5) is 0 Å². The second-order valence-electron chi connectivity index (χ2n) is 3.61. The summed E-state index contributed by atoms with van der Waals surface area (Å²) in [5.41, 5.74) is 0.381. The van der Waals surface area contributed by atoms with Gasteiger partial charge in [-0.05, 0) is 12.5 Å². The monoisotopic (exact) mass is 281 g/mol. The molecule has 1 N–H and O–H groups in total. The first-order valence-corrected chi connectivity index (χ1v) is 6.71. The van der Waals surface area contributed by atoms with Crippen LogP contribution in [0, 0.1) is 0 Å². The molecule has 0 saturated heterocycles. The van der Waals surface area contributed by atoms with Crippen molar-refractivity contribution in [2.24, 2.45) is 0 Å². The van der Waals surface area contributed by atoms with Crippen molar-refractivity contribution in [2.45, 2.75) is 19.9 Å². The fourth-order valence-electron chi connectivity index (χ4n) is 1.39. The van der Waals surface area contributed by atoms with Gasteiger partial charge in [0, 0.05) is 23.5 Å². The van der Waals surface area contributed by atoms with Crippen LogP contribution in [-0.4, -0.2) is 15.9 Å². The molecule has 2 rings (SSSR count). The molecule has 0 atom stereocenters. The van der Waals surface area contributed by atoms with Crippen molar-refractivity contribution in [3.63, 3.8) is 0 Å². The van der Waals surface area contributed by atoms with Crippen molar-refractivity contribution in [1.29, 1.82) is 0 Å². The molecule has 94 valence electrons. The lowest BCUT2D eigenvalue weighted by Crippen LogP contribution is -2.23. The van der Waals surface area contributed by atoms with E-state index in [0.29, 0.717) is 17.1 Å². The minimum Gasteiger partial charge on any atom is -0.345 e. The van der Waals surface area contributed by atoms with Gasteiger partial charge in [0.1, 0.15) is 5.01 Å². The van der Waals surface area contributed by atoms with E-state index in [9.17, 15) is 4.79 Å². The Kier molecular flexibility index (Phi) is 4.28. The van der Waals surface area contributed by atoms with E-state index in [-0.39, 0.29) is 5.91 Å². The first-order chi connectivity index (χ1) is 8.70. The summed E-state index contributed by atoms with van der Waals surface area (Å²) in [6.45, 7) is 2.49. The molecule has 4 nitrogen and oxygen atoms in total. The Labute approximate surface area is 114 Å². The molecule has 0 spiro atoms. The third-order valence-corrected chi connectivity index (χ3v) is 3.83. The van der Waals surface area contributed by atoms with Gasteiger partial charge >= 0.3 is 0 Å². The smallest absolute Gasteiger partial charge is 0.254 e. The van der Waals surface area contributed by atoms with Gasteiger partial charge in [0.15, 0.2) is 0 Å². The van der Waals surface area contributed by atoms with E-state index in [0.717, 1.165) is 11.4 Å². The number of nitrogens with zero attached hydrogens (tertiary/aromatic N) is 2. The van der Waals surface area contributed by atoms with Crippen molar-refractivity contribution in [2.75, 3.05) is 0 Å². The number of halogens is 1. The van der Waals surface area contributed by atoms with Crippen LogP contribution >= 0.6 is 22.9 Å². The highest BCUT2D eigenvalue weighted by Gasteiger charge is 2.10. The number of pyridine rings is 1. The summed E-state index contributed by atoms with van der Waals surface area (Å²) in [5, 5.41) is 4.07. The summed E-state index contributed by atoms with van der Waals surface area (Å²) in [4.78, 5) is 21.2. The molecule has 0 aliphatic rings. The van der Waals surface area contributed by atoms with Gasteiger partial charge < -0.3 is 5.32 Å². The van der Waals surface area contributed by atoms with Crippen LogP contribution in [0.25, 0.3) is 0 Å². The van der Waals surface area contributed by atoms with Crippen LogP contribution in [0.5, 0.6) is 0 Å². The lowest BCUT2D eigenvalue weighted by molar-refractivity contribution is 0.0950. The van der Waals surface area contributed by atoms with E-state index >= 15 is 0 Å². The standard InChI is InChI=1S/C12H12ClN3OS/c1-2-8-5-15-11(18-8)7-16-12(17)9-6-14-4-3-10(9)13/h3-6H,2,7H2,1H3,(H,16,17). The van der Waals surface area contributed by atoms with Gasteiger partial charge in [0.25, 0.3) is 5.91 Å². The van der Waals surface area contributed by atoms with Crippen LogP contribution in [-0.2, 0) is 13.0 Å². The third kappa shape index (κ3) is 3.05. The van der Waals surface area contributed by atoms with E-state index in [1.165, 1.54) is 11.1 Å². The average Bonchev–Trinajstić information content (AvgIpc) is 2.84. The molecule has 0 unspecified atom stereocenters. The van der Waals surface area contributed by atoms with E-state index in [4.69, 9.17) is 11.6 Å². The molecular weight excluding hydrogens is 270 g/mol. The van der Waals surface area contributed by atoms with Gasteiger partial charge in [0.2, 0.25) is 0 Å². The van der Waals surface area contributed by atoms with Gasteiger partial charge in [0.05, 0.1) is 17.1 Å². The van der Waals surface area contributed by atoms with Crippen LogP contribution in [0.2, 0.25) is 5.02 Å². The van der Waals surface area contributed by atoms with Crippen molar-refractivity contribution in [3.8, 4) is 0 Å². The topological polar surface area (TPSA) is 54.9 Å². The number of thiazole rings is 1. The summed E-state index contributed by atoms with van der Waals surface area (Å²) in [5.74, 6) is -0.235. The van der Waals surface area contributed by atoms with E-state index in [1.54, 1.807) is 23.6 Å². The van der Waals surface area contributed by atoms with Crippen molar-refractivity contribution >= 4 is 28.8 Å². The maximum Gasteiger partial charge on any atom is 0.254 e. The number of amides is 1. The Balaban J connectivity index is 1.98. The Bertz CT molecular complexity index is 556. The summed E-state index contributed by atoms with van der Waals surface area (Å²) in [6, 6.07) is 1.59. The molecule has 2 aromatic heterocycles. The van der Waals surface area contributed by atoms with E-state index < -0.39 is 0 Å². The predicted molar refractivity (Wildman–Crippen MR) is 71.9 cm³/mol. The molecule has 0 fully saturated rings. The first-order valence-electron chi connectivity index (χ1n) is 5.52. The highest BCUT2D eigenvalue weighted by atomic mass is 35.5. The molecule has 0 aliphatic heterocycles. The number of rotatable bonds is 4. The molecule has 0 radical (unpaired) electrons. The lowest BCUT2D eigenvalue weighted by atomic mass is 10.2. The van der Waals surface area contributed by atoms with E-state index in [1.807, 2.05) is 6.20 Å². The van der Waals surface area contributed by atoms with Crippen LogP contribution in [0.1, 0.15) is 27.2 Å². The van der Waals surface area contributed by atoms with Crippen LogP contribution < -0.4 is 5.32 Å². The zero-order valence-electron chi connectivity index (χ0n) is 9.81. The molecule has 2 heterocycles. The number of aromatic nitrogens is 2. The zero-order valence-corrected chi connectivity index (χ0v) is 11.4. The lowest BCUT2D eigenvalue weighted by Gasteiger charge is -2.04. The molecule has 2 aromatic rings. The highest BCUT2D eigenvalue weighted by Crippen LogP contribution is 2.15. The first kappa shape index (κ1) is 13.0. The fourth-order valence-corrected chi connectivity index (χ4v) is 2.38. The largest absolute Gasteiger partial charge is 0.345 e. The molecule has 18 heavy (non-hydrogen) atoms. The molecule has 1 amide bonds. The summed E-state index contributed by atoms with van der Waals surface area (Å²) < 4.78 is 0. The van der Waals surface area contributed by atoms with E-state index in [2.05, 4.69) is 22.2 Å². The van der Waals surface area contributed by atoms with Gasteiger partial charge in [-0.2, -0.15) is 0 Å². The summed E-state index contributed by atoms with van der Waals surface area (Å²) >= 11 is 7.51. The highest BCUT2D eigenvalue weighted by molar-refractivity contribution is 7.11. The summed E-state index contributed by atoms with van der Waals surface area (Å²) in [7, 11) is 0. The minimum absolute atomic E-state index is 0.235. The number of hydrogen-bond donors (Lipinski definition) is 1. The second-order valence-corrected chi connectivity index (χ2v) is 5.22. The van der Waals surface area contributed by atoms with Crippen molar-refractivity contribution in [1.82, 2.24) is 15.3 Å². The molecule has 0 aliphatic carbocycles. The number of aryl methyl sites for hydroxylation is 1. The fraction of sp³-hybridized carbons (Fsp3) is 0.250. The van der Waals surface area contributed by atoms with Crippen LogP contribution in [0.3, 0.4) is 0 Å². The van der Waals surface area contributed by atoms with Crippen LogP contribution in [0.15, 0.2) is 24.7 Å². The maximum atomic E-state index is 11.9. The van der Waals surface area contributed by atoms with Gasteiger partial charge in [-0.1, -0.05) is 18.5 Å². The molecule has 0 bridgehead atoms.